The normalized spacial score (nSPS) is 10.4. The summed E-state index contributed by atoms with van der Waals surface area (Å²) in [7, 11) is 3.38. The Kier molecular flexibility index (Phi) is 4.98. The highest BCUT2D eigenvalue weighted by Crippen LogP contribution is 2.18. The van der Waals surface area contributed by atoms with E-state index in [0.29, 0.717) is 4.88 Å². The maximum Gasteiger partial charge on any atom is 0.264 e. The largest absolute Gasteiger partial charge is 0.332 e. The molecule has 1 aromatic carbocycles. The Bertz CT molecular complexity index is 660. The molecule has 1 aromatic heterocycles. The SMILES string of the molecule is Cc1cc(C)cc(N(C)C(=O)CN(C)C(=O)c2cccs2)c1. The number of carbonyl (C=O) groups is 2. The predicted octanol–water partition coefficient (Wildman–Crippen LogP) is 3.10. The molecule has 0 fully saturated rings. The molecule has 0 unspecified atom stereocenters. The van der Waals surface area contributed by atoms with Gasteiger partial charge in [-0.05, 0) is 48.6 Å². The lowest BCUT2D eigenvalue weighted by atomic mass is 10.1. The third kappa shape index (κ3) is 3.74. The summed E-state index contributed by atoms with van der Waals surface area (Å²) in [6.45, 7) is 4.06. The Morgan fingerprint density at radius 2 is 1.73 bits per heavy atom. The number of anilines is 1. The first-order chi connectivity index (χ1) is 10.4. The summed E-state index contributed by atoms with van der Waals surface area (Å²) in [4.78, 5) is 28.3. The molecule has 0 bridgehead atoms. The molecule has 0 saturated carbocycles. The third-order valence-electron chi connectivity index (χ3n) is 3.42. The van der Waals surface area contributed by atoms with Gasteiger partial charge in [-0.1, -0.05) is 12.1 Å². The summed E-state index contributed by atoms with van der Waals surface area (Å²) in [6.07, 6.45) is 0. The highest BCUT2D eigenvalue weighted by Gasteiger charge is 2.19. The van der Waals surface area contributed by atoms with Crippen LogP contribution in [-0.2, 0) is 4.79 Å². The first-order valence-corrected chi connectivity index (χ1v) is 7.90. The highest BCUT2D eigenvalue weighted by atomic mass is 32.1. The number of aryl methyl sites for hydroxylation is 2. The molecule has 22 heavy (non-hydrogen) atoms. The monoisotopic (exact) mass is 316 g/mol. The van der Waals surface area contributed by atoms with Gasteiger partial charge in [-0.2, -0.15) is 0 Å². The number of hydrogen-bond donors (Lipinski definition) is 0. The molecule has 0 aliphatic carbocycles. The Morgan fingerprint density at radius 1 is 1.09 bits per heavy atom. The Balaban J connectivity index is 2.06. The summed E-state index contributed by atoms with van der Waals surface area (Å²) in [5.74, 6) is -0.241. The lowest BCUT2D eigenvalue weighted by molar-refractivity contribution is -0.118. The number of benzene rings is 1. The van der Waals surface area contributed by atoms with Crippen molar-refractivity contribution in [1.29, 1.82) is 0 Å². The second-order valence-electron chi connectivity index (χ2n) is 5.44. The summed E-state index contributed by atoms with van der Waals surface area (Å²) < 4.78 is 0. The van der Waals surface area contributed by atoms with E-state index in [-0.39, 0.29) is 18.4 Å². The fourth-order valence-corrected chi connectivity index (χ4v) is 2.97. The summed E-state index contributed by atoms with van der Waals surface area (Å²) in [6, 6.07) is 9.59. The molecular formula is C17H20N2O2S. The van der Waals surface area contributed by atoms with E-state index in [0.717, 1.165) is 16.8 Å². The molecule has 5 heteroatoms. The molecule has 0 spiro atoms. The average Bonchev–Trinajstić information content (AvgIpc) is 2.98. The second-order valence-corrected chi connectivity index (χ2v) is 6.38. The zero-order valence-electron chi connectivity index (χ0n) is 13.3. The van der Waals surface area contributed by atoms with Gasteiger partial charge in [-0.25, -0.2) is 0 Å². The van der Waals surface area contributed by atoms with E-state index >= 15 is 0 Å². The molecule has 2 rings (SSSR count). The number of likely N-dealkylation sites (N-methyl/N-ethyl adjacent to an activating group) is 2. The van der Waals surface area contributed by atoms with Crippen LogP contribution < -0.4 is 4.90 Å². The smallest absolute Gasteiger partial charge is 0.264 e. The van der Waals surface area contributed by atoms with Gasteiger partial charge in [0.1, 0.15) is 6.54 Å². The van der Waals surface area contributed by atoms with Crippen molar-refractivity contribution in [3.05, 3.63) is 51.7 Å². The molecule has 0 N–H and O–H groups in total. The van der Waals surface area contributed by atoms with Gasteiger partial charge < -0.3 is 9.80 Å². The van der Waals surface area contributed by atoms with Gasteiger partial charge >= 0.3 is 0 Å². The molecule has 0 radical (unpaired) electrons. The van der Waals surface area contributed by atoms with Gasteiger partial charge in [0, 0.05) is 19.8 Å². The third-order valence-corrected chi connectivity index (χ3v) is 4.28. The Morgan fingerprint density at radius 3 is 2.27 bits per heavy atom. The maximum atomic E-state index is 12.4. The average molecular weight is 316 g/mol. The molecule has 0 aliphatic rings. The van der Waals surface area contributed by atoms with E-state index in [4.69, 9.17) is 0 Å². The molecule has 4 nitrogen and oxygen atoms in total. The lowest BCUT2D eigenvalue weighted by Crippen LogP contribution is -2.39. The number of nitrogens with zero attached hydrogens (tertiary/aromatic N) is 2. The standard InChI is InChI=1S/C17H20N2O2S/c1-12-8-13(2)10-14(9-12)19(4)16(20)11-18(3)17(21)15-6-5-7-22-15/h5-10H,11H2,1-4H3. The van der Waals surface area contributed by atoms with Crippen LogP contribution in [0, 0.1) is 13.8 Å². The van der Waals surface area contributed by atoms with E-state index in [1.807, 2.05) is 37.4 Å². The van der Waals surface area contributed by atoms with E-state index < -0.39 is 0 Å². The van der Waals surface area contributed by atoms with Crippen LogP contribution in [0.1, 0.15) is 20.8 Å². The van der Waals surface area contributed by atoms with Gasteiger partial charge in [0.05, 0.1) is 4.88 Å². The lowest BCUT2D eigenvalue weighted by Gasteiger charge is -2.22. The molecule has 116 valence electrons. The number of carbonyl (C=O) groups excluding carboxylic acids is 2. The minimum absolute atomic E-state index is 0.0558. The van der Waals surface area contributed by atoms with Gasteiger partial charge in [-0.3, -0.25) is 9.59 Å². The molecular weight excluding hydrogens is 296 g/mol. The molecule has 0 atom stereocenters. The first-order valence-electron chi connectivity index (χ1n) is 7.02. The van der Waals surface area contributed by atoms with Crippen molar-refractivity contribution in [2.24, 2.45) is 0 Å². The zero-order chi connectivity index (χ0) is 16.3. The predicted molar refractivity (Wildman–Crippen MR) is 90.6 cm³/mol. The van der Waals surface area contributed by atoms with Crippen LogP contribution in [0.2, 0.25) is 0 Å². The van der Waals surface area contributed by atoms with Crippen molar-refractivity contribution >= 4 is 28.8 Å². The van der Waals surface area contributed by atoms with E-state index in [1.54, 1.807) is 25.1 Å². The van der Waals surface area contributed by atoms with Crippen LogP contribution >= 0.6 is 11.3 Å². The van der Waals surface area contributed by atoms with E-state index in [1.165, 1.54) is 16.2 Å². The van der Waals surface area contributed by atoms with Gasteiger partial charge in [0.2, 0.25) is 5.91 Å². The van der Waals surface area contributed by atoms with Crippen molar-refractivity contribution in [1.82, 2.24) is 4.90 Å². The van der Waals surface area contributed by atoms with Crippen LogP contribution in [0.5, 0.6) is 0 Å². The van der Waals surface area contributed by atoms with Crippen LogP contribution in [0.3, 0.4) is 0 Å². The fourth-order valence-electron chi connectivity index (χ4n) is 2.26. The Labute approximate surface area is 135 Å². The van der Waals surface area contributed by atoms with Crippen LogP contribution in [-0.4, -0.2) is 37.4 Å². The molecule has 1 heterocycles. The van der Waals surface area contributed by atoms with Gasteiger partial charge in [-0.15, -0.1) is 11.3 Å². The van der Waals surface area contributed by atoms with Crippen LogP contribution in [0.15, 0.2) is 35.7 Å². The number of rotatable bonds is 4. The maximum absolute atomic E-state index is 12.4. The number of amides is 2. The van der Waals surface area contributed by atoms with E-state index in [9.17, 15) is 9.59 Å². The molecule has 2 amide bonds. The quantitative estimate of drug-likeness (QED) is 0.869. The topological polar surface area (TPSA) is 40.6 Å². The summed E-state index contributed by atoms with van der Waals surface area (Å²) in [5.41, 5.74) is 3.06. The van der Waals surface area contributed by atoms with Gasteiger partial charge in [0.25, 0.3) is 5.91 Å². The fraction of sp³-hybridized carbons (Fsp3) is 0.294. The van der Waals surface area contributed by atoms with Crippen molar-refractivity contribution < 1.29 is 9.59 Å². The zero-order valence-corrected chi connectivity index (χ0v) is 14.1. The van der Waals surface area contributed by atoms with Crippen LogP contribution in [0.4, 0.5) is 5.69 Å². The van der Waals surface area contributed by atoms with Crippen molar-refractivity contribution in [3.63, 3.8) is 0 Å². The highest BCUT2D eigenvalue weighted by molar-refractivity contribution is 7.12. The first kappa shape index (κ1) is 16.2. The Hall–Kier alpha value is -2.14. The minimum atomic E-state index is -0.128. The number of thiophene rings is 1. The van der Waals surface area contributed by atoms with Crippen molar-refractivity contribution in [3.8, 4) is 0 Å². The van der Waals surface area contributed by atoms with Crippen molar-refractivity contribution in [2.45, 2.75) is 13.8 Å². The summed E-state index contributed by atoms with van der Waals surface area (Å²) >= 11 is 1.38. The molecule has 0 saturated heterocycles. The number of hydrogen-bond acceptors (Lipinski definition) is 3. The van der Waals surface area contributed by atoms with E-state index in [2.05, 4.69) is 6.07 Å². The molecule has 0 aliphatic heterocycles. The van der Waals surface area contributed by atoms with Crippen molar-refractivity contribution in [2.75, 3.05) is 25.5 Å². The minimum Gasteiger partial charge on any atom is -0.332 e. The summed E-state index contributed by atoms with van der Waals surface area (Å²) in [5, 5.41) is 1.85. The van der Waals surface area contributed by atoms with Crippen LogP contribution in [0.25, 0.3) is 0 Å². The van der Waals surface area contributed by atoms with Gasteiger partial charge in [0.15, 0.2) is 0 Å². The second kappa shape index (κ2) is 6.75. The molecule has 2 aromatic rings.